The van der Waals surface area contributed by atoms with Crippen LogP contribution in [-0.2, 0) is 22.6 Å². The lowest BCUT2D eigenvalue weighted by Crippen LogP contribution is -2.48. The van der Waals surface area contributed by atoms with Gasteiger partial charge in [0.05, 0.1) is 25.9 Å². The van der Waals surface area contributed by atoms with Crippen LogP contribution in [-0.4, -0.2) is 73.4 Å². The molecule has 0 radical (unpaired) electrons. The predicted octanol–water partition coefficient (Wildman–Crippen LogP) is 2.55. The number of aliphatic imine (C=N–C) groups is 1. The Hall–Kier alpha value is -1.59. The molecule has 9 heteroatoms. The molecule has 0 saturated carbocycles. The Kier molecular flexibility index (Phi) is 10.8. The Morgan fingerprint density at radius 2 is 2.03 bits per heavy atom. The standard InChI is InChI=1S/C22H35N5O3.HI/c1-3-29-22(28)27-9-7-20(8-10-27)25-21(23)24-14-18-5-4-6-19(13-18)16-26-11-12-30-17(2)15-26;/h4-6,13,17,20H,3,7-12,14-16H2,1-2H3,(H3,23,24,25);1H. The maximum absolute atomic E-state index is 11.8. The molecule has 174 valence electrons. The third-order valence-corrected chi connectivity index (χ3v) is 5.53. The molecule has 2 saturated heterocycles. The molecule has 0 spiro atoms. The summed E-state index contributed by atoms with van der Waals surface area (Å²) in [5, 5.41) is 3.29. The molecule has 8 nitrogen and oxygen atoms in total. The number of guanidine groups is 1. The van der Waals surface area contributed by atoms with Gasteiger partial charge in [-0.1, -0.05) is 24.3 Å². The number of hydrogen-bond donors (Lipinski definition) is 2. The van der Waals surface area contributed by atoms with Crippen LogP contribution in [0.15, 0.2) is 29.3 Å². The Balaban J connectivity index is 0.00000341. The molecule has 1 aromatic rings. The Morgan fingerprint density at radius 3 is 2.74 bits per heavy atom. The summed E-state index contributed by atoms with van der Waals surface area (Å²) in [5.74, 6) is 0.456. The quantitative estimate of drug-likeness (QED) is 0.325. The van der Waals surface area contributed by atoms with E-state index in [1.807, 2.05) is 6.92 Å². The van der Waals surface area contributed by atoms with E-state index in [9.17, 15) is 4.79 Å². The molecule has 3 N–H and O–H groups in total. The SMILES string of the molecule is CCOC(=O)N1CCC(NC(N)=NCc2cccc(CN3CCOC(C)C3)c2)CC1.I. The fraction of sp³-hybridized carbons (Fsp3) is 0.636. The summed E-state index contributed by atoms with van der Waals surface area (Å²) in [7, 11) is 0. The van der Waals surface area contributed by atoms with E-state index in [4.69, 9.17) is 15.2 Å². The number of nitrogens with one attached hydrogen (secondary N) is 1. The summed E-state index contributed by atoms with van der Waals surface area (Å²) in [5.41, 5.74) is 8.54. The molecule has 2 aliphatic heterocycles. The zero-order chi connectivity index (χ0) is 21.3. The number of nitrogens with zero attached hydrogens (tertiary/aromatic N) is 3. The molecule has 31 heavy (non-hydrogen) atoms. The van der Waals surface area contributed by atoms with Crippen molar-refractivity contribution in [3.63, 3.8) is 0 Å². The lowest BCUT2D eigenvalue weighted by atomic mass is 10.1. The highest BCUT2D eigenvalue weighted by Gasteiger charge is 2.23. The van der Waals surface area contributed by atoms with Crippen molar-refractivity contribution in [1.29, 1.82) is 0 Å². The van der Waals surface area contributed by atoms with Crippen molar-refractivity contribution >= 4 is 36.0 Å². The van der Waals surface area contributed by atoms with E-state index in [0.29, 0.717) is 38.3 Å². The lowest BCUT2D eigenvalue weighted by Gasteiger charge is -2.31. The van der Waals surface area contributed by atoms with Gasteiger partial charge in [0, 0.05) is 38.8 Å². The first-order chi connectivity index (χ1) is 14.5. The fourth-order valence-electron chi connectivity index (χ4n) is 3.97. The number of amides is 1. The van der Waals surface area contributed by atoms with E-state index in [1.54, 1.807) is 4.90 Å². The van der Waals surface area contributed by atoms with Crippen molar-refractivity contribution in [3.05, 3.63) is 35.4 Å². The number of hydrogen-bond acceptors (Lipinski definition) is 5. The summed E-state index contributed by atoms with van der Waals surface area (Å²) >= 11 is 0. The van der Waals surface area contributed by atoms with Gasteiger partial charge in [0.25, 0.3) is 0 Å². The van der Waals surface area contributed by atoms with E-state index >= 15 is 0 Å². The van der Waals surface area contributed by atoms with Gasteiger partial charge in [-0.25, -0.2) is 9.79 Å². The number of nitrogens with two attached hydrogens (primary N) is 1. The molecule has 1 amide bonds. The van der Waals surface area contributed by atoms with Gasteiger partial charge in [0.15, 0.2) is 5.96 Å². The minimum atomic E-state index is -0.232. The number of halogens is 1. The highest BCUT2D eigenvalue weighted by atomic mass is 127. The summed E-state index contributed by atoms with van der Waals surface area (Å²) in [6, 6.07) is 8.76. The van der Waals surface area contributed by atoms with Gasteiger partial charge in [-0.2, -0.15) is 0 Å². The highest BCUT2D eigenvalue weighted by Crippen LogP contribution is 2.14. The van der Waals surface area contributed by atoms with E-state index in [2.05, 4.69) is 46.4 Å². The van der Waals surface area contributed by atoms with E-state index in [1.165, 1.54) is 5.56 Å². The van der Waals surface area contributed by atoms with Crippen molar-refractivity contribution in [2.45, 2.75) is 51.9 Å². The highest BCUT2D eigenvalue weighted by molar-refractivity contribution is 14.0. The van der Waals surface area contributed by atoms with Crippen LogP contribution in [0.25, 0.3) is 0 Å². The largest absolute Gasteiger partial charge is 0.450 e. The average Bonchev–Trinajstić information content (AvgIpc) is 2.73. The molecule has 1 atom stereocenters. The number of piperidine rings is 1. The predicted molar refractivity (Wildman–Crippen MR) is 133 cm³/mol. The summed E-state index contributed by atoms with van der Waals surface area (Å²) in [4.78, 5) is 20.5. The van der Waals surface area contributed by atoms with E-state index in [-0.39, 0.29) is 36.1 Å². The van der Waals surface area contributed by atoms with Crippen LogP contribution in [0.5, 0.6) is 0 Å². The number of carbonyl (C=O) groups is 1. The fourth-order valence-corrected chi connectivity index (χ4v) is 3.97. The van der Waals surface area contributed by atoms with Gasteiger partial charge in [0.2, 0.25) is 0 Å². The zero-order valence-corrected chi connectivity index (χ0v) is 20.9. The van der Waals surface area contributed by atoms with Crippen molar-refractivity contribution in [2.75, 3.05) is 39.4 Å². The lowest BCUT2D eigenvalue weighted by molar-refractivity contribution is -0.0212. The van der Waals surface area contributed by atoms with Crippen LogP contribution in [0.3, 0.4) is 0 Å². The molecular formula is C22H36IN5O3. The van der Waals surface area contributed by atoms with Crippen molar-refractivity contribution in [2.24, 2.45) is 10.7 Å². The van der Waals surface area contributed by atoms with Crippen LogP contribution in [0.2, 0.25) is 0 Å². The number of likely N-dealkylation sites (tertiary alicyclic amines) is 1. The third-order valence-electron chi connectivity index (χ3n) is 5.53. The number of benzene rings is 1. The van der Waals surface area contributed by atoms with Crippen LogP contribution >= 0.6 is 24.0 Å². The first-order valence-electron chi connectivity index (χ1n) is 10.9. The maximum Gasteiger partial charge on any atom is 0.409 e. The second-order valence-electron chi connectivity index (χ2n) is 8.04. The molecule has 0 aliphatic carbocycles. The number of rotatable bonds is 6. The molecule has 1 unspecified atom stereocenters. The van der Waals surface area contributed by atoms with Gasteiger partial charge in [-0.05, 0) is 37.8 Å². The molecule has 3 rings (SSSR count). The summed E-state index contributed by atoms with van der Waals surface area (Å²) < 4.78 is 10.7. The van der Waals surface area contributed by atoms with Crippen LogP contribution in [0.1, 0.15) is 37.8 Å². The van der Waals surface area contributed by atoms with Crippen molar-refractivity contribution < 1.29 is 14.3 Å². The Labute approximate surface area is 202 Å². The minimum Gasteiger partial charge on any atom is -0.450 e. The topological polar surface area (TPSA) is 92.4 Å². The van der Waals surface area contributed by atoms with E-state index < -0.39 is 0 Å². The van der Waals surface area contributed by atoms with Crippen LogP contribution < -0.4 is 11.1 Å². The molecule has 0 bridgehead atoms. The van der Waals surface area contributed by atoms with Crippen molar-refractivity contribution in [1.82, 2.24) is 15.1 Å². The van der Waals surface area contributed by atoms with E-state index in [0.717, 1.165) is 44.6 Å². The van der Waals surface area contributed by atoms with Gasteiger partial charge >= 0.3 is 6.09 Å². The Morgan fingerprint density at radius 1 is 1.29 bits per heavy atom. The number of ether oxygens (including phenoxy) is 2. The van der Waals surface area contributed by atoms with Crippen LogP contribution in [0.4, 0.5) is 4.79 Å². The molecule has 2 aliphatic rings. The van der Waals surface area contributed by atoms with Gasteiger partial charge in [0.1, 0.15) is 0 Å². The smallest absolute Gasteiger partial charge is 0.409 e. The summed E-state index contributed by atoms with van der Waals surface area (Å²) in [6.45, 7) is 9.90. The number of carbonyl (C=O) groups excluding carboxylic acids is 1. The second-order valence-corrected chi connectivity index (χ2v) is 8.04. The first kappa shape index (κ1) is 25.7. The van der Waals surface area contributed by atoms with Crippen molar-refractivity contribution in [3.8, 4) is 0 Å². The molecular weight excluding hydrogens is 509 g/mol. The average molecular weight is 545 g/mol. The minimum absolute atomic E-state index is 0. The first-order valence-corrected chi connectivity index (χ1v) is 10.9. The maximum atomic E-state index is 11.8. The monoisotopic (exact) mass is 545 g/mol. The normalized spacial score (nSPS) is 20.8. The zero-order valence-electron chi connectivity index (χ0n) is 18.6. The second kappa shape index (κ2) is 13.1. The third kappa shape index (κ3) is 8.46. The van der Waals surface area contributed by atoms with Gasteiger partial charge in [-0.15, -0.1) is 24.0 Å². The number of morpholine rings is 1. The molecule has 2 fully saturated rings. The van der Waals surface area contributed by atoms with Crippen LogP contribution in [0, 0.1) is 0 Å². The Bertz CT molecular complexity index is 725. The van der Waals surface area contributed by atoms with Gasteiger partial charge < -0.3 is 25.4 Å². The molecule has 2 heterocycles. The summed E-state index contributed by atoms with van der Waals surface area (Å²) in [6.07, 6.45) is 1.73. The van der Waals surface area contributed by atoms with Gasteiger partial charge in [-0.3, -0.25) is 4.90 Å². The molecule has 0 aromatic heterocycles. The molecule has 1 aromatic carbocycles.